The summed E-state index contributed by atoms with van der Waals surface area (Å²) in [5.74, 6) is -0.0904. The van der Waals surface area contributed by atoms with Gasteiger partial charge in [-0.3, -0.25) is 0 Å². The Labute approximate surface area is 133 Å². The van der Waals surface area contributed by atoms with Crippen LogP contribution in [0.3, 0.4) is 0 Å². The number of anilines is 1. The van der Waals surface area contributed by atoms with Gasteiger partial charge < -0.3 is 5.73 Å². The van der Waals surface area contributed by atoms with Gasteiger partial charge in [0.25, 0.3) is 0 Å². The molecule has 0 aliphatic rings. The van der Waals surface area contributed by atoms with E-state index in [1.54, 1.807) is 24.3 Å². The average molecular weight is 369 g/mol. The smallest absolute Gasteiger partial charge is 0.216 e. The summed E-state index contributed by atoms with van der Waals surface area (Å²) in [6.45, 7) is 1.82. The van der Waals surface area contributed by atoms with E-state index < -0.39 is 10.0 Å². The van der Waals surface area contributed by atoms with E-state index in [1.807, 2.05) is 31.2 Å². The van der Waals surface area contributed by atoms with Crippen LogP contribution in [0.15, 0.2) is 53.0 Å². The summed E-state index contributed by atoms with van der Waals surface area (Å²) in [5.41, 5.74) is 7.79. The molecular formula is C15H17BrN2O2S. The van der Waals surface area contributed by atoms with Crippen LogP contribution in [-0.4, -0.2) is 8.42 Å². The molecule has 112 valence electrons. The van der Waals surface area contributed by atoms with Gasteiger partial charge >= 0.3 is 0 Å². The topological polar surface area (TPSA) is 72.2 Å². The number of nitrogens with one attached hydrogen (secondary N) is 1. The van der Waals surface area contributed by atoms with E-state index in [1.165, 1.54) is 0 Å². The highest BCUT2D eigenvalue weighted by Gasteiger charge is 2.18. The second-order valence-electron chi connectivity index (χ2n) is 4.87. The minimum atomic E-state index is -3.44. The molecular weight excluding hydrogens is 352 g/mol. The third-order valence-corrected chi connectivity index (χ3v) is 5.18. The number of hydrogen-bond donors (Lipinski definition) is 2. The summed E-state index contributed by atoms with van der Waals surface area (Å²) in [6, 6.07) is 14.1. The maximum absolute atomic E-state index is 12.2. The maximum atomic E-state index is 12.2. The van der Waals surface area contributed by atoms with Crippen molar-refractivity contribution in [2.45, 2.75) is 18.7 Å². The Kier molecular flexibility index (Phi) is 5.03. The highest BCUT2D eigenvalue weighted by Crippen LogP contribution is 2.23. The number of sulfonamides is 1. The van der Waals surface area contributed by atoms with Crippen LogP contribution in [-0.2, 0) is 15.8 Å². The summed E-state index contributed by atoms with van der Waals surface area (Å²) >= 11 is 3.43. The predicted octanol–water partition coefficient (Wildman–Crippen LogP) is 3.21. The zero-order chi connectivity index (χ0) is 15.5. The second-order valence-corrected chi connectivity index (χ2v) is 7.47. The Morgan fingerprint density at radius 2 is 1.90 bits per heavy atom. The third kappa shape index (κ3) is 4.56. The molecule has 1 unspecified atom stereocenters. The first-order chi connectivity index (χ1) is 9.87. The van der Waals surface area contributed by atoms with Crippen molar-refractivity contribution in [2.24, 2.45) is 0 Å². The highest BCUT2D eigenvalue weighted by atomic mass is 79.9. The first-order valence-electron chi connectivity index (χ1n) is 6.46. The molecule has 2 aromatic rings. The number of halogens is 1. The Morgan fingerprint density at radius 3 is 2.57 bits per heavy atom. The zero-order valence-electron chi connectivity index (χ0n) is 11.6. The van der Waals surface area contributed by atoms with E-state index in [9.17, 15) is 8.42 Å². The van der Waals surface area contributed by atoms with Crippen molar-refractivity contribution in [3.63, 3.8) is 0 Å². The molecule has 0 bridgehead atoms. The largest absolute Gasteiger partial charge is 0.399 e. The van der Waals surface area contributed by atoms with E-state index in [-0.39, 0.29) is 11.8 Å². The molecule has 0 amide bonds. The molecule has 0 aliphatic carbocycles. The van der Waals surface area contributed by atoms with Gasteiger partial charge in [0, 0.05) is 16.2 Å². The minimum absolute atomic E-state index is 0.0904. The standard InChI is InChI=1S/C15H17BrN2O2S/c1-11(14-7-2-3-8-15(14)16)18-21(19,20)10-12-5-4-6-13(17)9-12/h2-9,11,18H,10,17H2,1H3. The summed E-state index contributed by atoms with van der Waals surface area (Å²) in [6.07, 6.45) is 0. The SMILES string of the molecule is CC(NS(=O)(=O)Cc1cccc(N)c1)c1ccccc1Br. The average Bonchev–Trinajstić information content (AvgIpc) is 2.37. The summed E-state index contributed by atoms with van der Waals surface area (Å²) in [5, 5.41) is 0. The molecule has 0 radical (unpaired) electrons. The second kappa shape index (κ2) is 6.60. The molecule has 0 fully saturated rings. The number of hydrogen-bond acceptors (Lipinski definition) is 3. The number of nitrogen functional groups attached to an aromatic ring is 1. The minimum Gasteiger partial charge on any atom is -0.399 e. The van der Waals surface area contributed by atoms with Gasteiger partial charge in [-0.25, -0.2) is 13.1 Å². The van der Waals surface area contributed by atoms with E-state index in [2.05, 4.69) is 20.7 Å². The van der Waals surface area contributed by atoms with Crippen molar-refractivity contribution in [3.05, 3.63) is 64.1 Å². The monoisotopic (exact) mass is 368 g/mol. The Bertz CT molecular complexity index is 732. The fourth-order valence-electron chi connectivity index (χ4n) is 2.10. The van der Waals surface area contributed by atoms with Crippen LogP contribution in [0, 0.1) is 0 Å². The van der Waals surface area contributed by atoms with Crippen LogP contribution in [0.2, 0.25) is 0 Å². The van der Waals surface area contributed by atoms with Crippen LogP contribution in [0.5, 0.6) is 0 Å². The lowest BCUT2D eigenvalue weighted by Crippen LogP contribution is -2.28. The predicted molar refractivity (Wildman–Crippen MR) is 89.2 cm³/mol. The molecule has 1 atom stereocenters. The number of nitrogens with two attached hydrogens (primary N) is 1. The first kappa shape index (κ1) is 16.0. The molecule has 0 saturated heterocycles. The number of rotatable bonds is 5. The molecule has 0 aliphatic heterocycles. The molecule has 3 N–H and O–H groups in total. The molecule has 0 aromatic heterocycles. The summed E-state index contributed by atoms with van der Waals surface area (Å²) in [4.78, 5) is 0. The van der Waals surface area contributed by atoms with E-state index in [0.29, 0.717) is 11.3 Å². The maximum Gasteiger partial charge on any atom is 0.216 e. The molecule has 2 aromatic carbocycles. The van der Waals surface area contributed by atoms with Gasteiger partial charge in [0.1, 0.15) is 0 Å². The molecule has 0 heterocycles. The molecule has 21 heavy (non-hydrogen) atoms. The van der Waals surface area contributed by atoms with Crippen LogP contribution < -0.4 is 10.5 Å². The molecule has 2 rings (SSSR count). The first-order valence-corrected chi connectivity index (χ1v) is 8.91. The van der Waals surface area contributed by atoms with Crippen molar-refractivity contribution < 1.29 is 8.42 Å². The summed E-state index contributed by atoms with van der Waals surface area (Å²) < 4.78 is 28.0. The van der Waals surface area contributed by atoms with Gasteiger partial charge in [-0.15, -0.1) is 0 Å². The van der Waals surface area contributed by atoms with E-state index >= 15 is 0 Å². The Hall–Kier alpha value is -1.37. The van der Waals surface area contributed by atoms with Gasteiger partial charge in [-0.1, -0.05) is 46.3 Å². The Morgan fingerprint density at radius 1 is 1.19 bits per heavy atom. The lowest BCUT2D eigenvalue weighted by Gasteiger charge is -2.16. The van der Waals surface area contributed by atoms with Gasteiger partial charge in [0.2, 0.25) is 10.0 Å². The van der Waals surface area contributed by atoms with Crippen molar-refractivity contribution in [1.29, 1.82) is 0 Å². The molecule has 6 heteroatoms. The molecule has 4 nitrogen and oxygen atoms in total. The lowest BCUT2D eigenvalue weighted by atomic mass is 10.1. The van der Waals surface area contributed by atoms with E-state index in [0.717, 1.165) is 10.0 Å². The van der Waals surface area contributed by atoms with Crippen LogP contribution in [0.25, 0.3) is 0 Å². The lowest BCUT2D eigenvalue weighted by molar-refractivity contribution is 0.565. The van der Waals surface area contributed by atoms with Crippen molar-refractivity contribution in [3.8, 4) is 0 Å². The molecule has 0 saturated carbocycles. The van der Waals surface area contributed by atoms with Crippen molar-refractivity contribution >= 4 is 31.6 Å². The third-order valence-electron chi connectivity index (χ3n) is 3.04. The quantitative estimate of drug-likeness (QED) is 0.795. The van der Waals surface area contributed by atoms with E-state index in [4.69, 9.17) is 5.73 Å². The van der Waals surface area contributed by atoms with Gasteiger partial charge in [0.15, 0.2) is 0 Å². The normalized spacial score (nSPS) is 13.0. The van der Waals surface area contributed by atoms with Crippen LogP contribution in [0.1, 0.15) is 24.1 Å². The molecule has 0 spiro atoms. The number of benzene rings is 2. The van der Waals surface area contributed by atoms with Crippen molar-refractivity contribution in [2.75, 3.05) is 5.73 Å². The van der Waals surface area contributed by atoms with Gasteiger partial charge in [-0.2, -0.15) is 0 Å². The van der Waals surface area contributed by atoms with Gasteiger partial charge in [-0.05, 0) is 36.2 Å². The Balaban J connectivity index is 2.12. The fraction of sp³-hybridized carbons (Fsp3) is 0.200. The van der Waals surface area contributed by atoms with Crippen LogP contribution in [0.4, 0.5) is 5.69 Å². The van der Waals surface area contributed by atoms with Crippen LogP contribution >= 0.6 is 15.9 Å². The highest BCUT2D eigenvalue weighted by molar-refractivity contribution is 9.10. The van der Waals surface area contributed by atoms with Gasteiger partial charge in [0.05, 0.1) is 5.75 Å². The zero-order valence-corrected chi connectivity index (χ0v) is 14.0. The summed E-state index contributed by atoms with van der Waals surface area (Å²) in [7, 11) is -3.44. The fourth-order valence-corrected chi connectivity index (χ4v) is 4.10. The van der Waals surface area contributed by atoms with Crippen molar-refractivity contribution in [1.82, 2.24) is 4.72 Å².